The summed E-state index contributed by atoms with van der Waals surface area (Å²) in [6, 6.07) is 23.1. The van der Waals surface area contributed by atoms with Gasteiger partial charge < -0.3 is 4.81 Å². The highest BCUT2D eigenvalue weighted by molar-refractivity contribution is 6.59. The fourth-order valence-corrected chi connectivity index (χ4v) is 10.2. The molecular formula is C33H46BN. The summed E-state index contributed by atoms with van der Waals surface area (Å²) < 4.78 is 0. The Morgan fingerprint density at radius 1 is 0.629 bits per heavy atom. The van der Waals surface area contributed by atoms with Crippen molar-refractivity contribution >= 4 is 6.85 Å². The van der Waals surface area contributed by atoms with Crippen LogP contribution in [0.1, 0.15) is 87.7 Å². The van der Waals surface area contributed by atoms with Crippen LogP contribution < -0.4 is 0 Å². The van der Waals surface area contributed by atoms with E-state index in [0.717, 1.165) is 59.9 Å². The van der Waals surface area contributed by atoms with Crippen LogP contribution in [-0.4, -0.2) is 25.8 Å². The molecule has 2 aromatic rings. The first kappa shape index (κ1) is 23.8. The van der Waals surface area contributed by atoms with E-state index in [-0.39, 0.29) is 0 Å². The van der Waals surface area contributed by atoms with Crippen molar-refractivity contribution < 1.29 is 0 Å². The zero-order valence-electron chi connectivity index (χ0n) is 22.4. The molecule has 186 valence electrons. The molecule has 0 saturated heterocycles. The average molecular weight is 468 g/mol. The highest BCUT2D eigenvalue weighted by atomic mass is 15.0. The molecule has 0 heterocycles. The summed E-state index contributed by atoms with van der Waals surface area (Å²) in [6.07, 6.45) is 13.0. The first-order valence-corrected chi connectivity index (χ1v) is 14.9. The molecule has 4 aliphatic rings. The molecule has 35 heavy (non-hydrogen) atoms. The van der Waals surface area contributed by atoms with Gasteiger partial charge in [0.25, 0.3) is 0 Å². The molecule has 9 unspecified atom stereocenters. The molecule has 0 bridgehead atoms. The van der Waals surface area contributed by atoms with Crippen LogP contribution in [0.5, 0.6) is 0 Å². The SMILES string of the molecule is CC1CC2C(c3ccccc3)CCCC2C1B(C1CCC2C(c3ccccc3)CCCC12)N(C)C. The van der Waals surface area contributed by atoms with Crippen LogP contribution in [-0.2, 0) is 0 Å². The Kier molecular flexibility index (Phi) is 6.87. The monoisotopic (exact) mass is 467 g/mol. The zero-order chi connectivity index (χ0) is 23.9. The molecule has 0 amide bonds. The van der Waals surface area contributed by atoms with Gasteiger partial charge in [-0.25, -0.2) is 0 Å². The Morgan fingerprint density at radius 3 is 1.80 bits per heavy atom. The van der Waals surface area contributed by atoms with Crippen molar-refractivity contribution in [2.45, 2.75) is 88.2 Å². The van der Waals surface area contributed by atoms with Gasteiger partial charge in [-0.05, 0) is 104 Å². The van der Waals surface area contributed by atoms with E-state index in [9.17, 15) is 0 Å². The lowest BCUT2D eigenvalue weighted by molar-refractivity contribution is 0.224. The average Bonchev–Trinajstić information content (AvgIpc) is 3.46. The lowest BCUT2D eigenvalue weighted by atomic mass is 9.35. The quantitative estimate of drug-likeness (QED) is 0.398. The predicted octanol–water partition coefficient (Wildman–Crippen LogP) is 8.51. The topological polar surface area (TPSA) is 3.24 Å². The molecule has 0 N–H and O–H groups in total. The van der Waals surface area contributed by atoms with Gasteiger partial charge in [-0.3, -0.25) is 0 Å². The van der Waals surface area contributed by atoms with Crippen molar-refractivity contribution in [2.75, 3.05) is 14.1 Å². The van der Waals surface area contributed by atoms with Gasteiger partial charge in [-0.15, -0.1) is 0 Å². The first-order chi connectivity index (χ1) is 17.1. The van der Waals surface area contributed by atoms with Gasteiger partial charge in [0.15, 0.2) is 0 Å². The van der Waals surface area contributed by atoms with Crippen molar-refractivity contribution in [1.29, 1.82) is 0 Å². The van der Waals surface area contributed by atoms with Gasteiger partial charge in [-0.2, -0.15) is 0 Å². The normalized spacial score (nSPS) is 38.8. The maximum Gasteiger partial charge on any atom is 0.230 e. The molecule has 9 atom stereocenters. The number of fused-ring (bicyclic) bond motifs is 2. The lowest BCUT2D eigenvalue weighted by Crippen LogP contribution is -2.47. The van der Waals surface area contributed by atoms with Crippen LogP contribution in [0.4, 0.5) is 0 Å². The standard InChI is InChI=1S/C33H46BN/c1-23-22-31-27(25-14-8-5-9-15-25)17-11-19-30(31)33(23)34(35(2)3)32-21-20-28-26(16-10-18-29(28)32)24-12-6-4-7-13-24/h4-9,12-15,23,26-33H,10-11,16-22H2,1-3H3. The van der Waals surface area contributed by atoms with Crippen LogP contribution >= 0.6 is 0 Å². The Labute approximate surface area is 215 Å². The molecule has 2 aromatic carbocycles. The maximum absolute atomic E-state index is 2.70. The molecule has 4 aliphatic carbocycles. The number of hydrogen-bond donors (Lipinski definition) is 0. The summed E-state index contributed by atoms with van der Waals surface area (Å²) in [6.45, 7) is 3.39. The molecule has 1 nitrogen and oxygen atoms in total. The molecule has 6 rings (SSSR count). The zero-order valence-corrected chi connectivity index (χ0v) is 22.4. The summed E-state index contributed by atoms with van der Waals surface area (Å²) in [5, 5.41) is 0. The Morgan fingerprint density at radius 2 is 1.20 bits per heavy atom. The van der Waals surface area contributed by atoms with Crippen molar-refractivity contribution in [1.82, 2.24) is 4.81 Å². The van der Waals surface area contributed by atoms with E-state index in [1.807, 2.05) is 0 Å². The van der Waals surface area contributed by atoms with Crippen LogP contribution in [0.2, 0.25) is 11.6 Å². The third-order valence-corrected chi connectivity index (χ3v) is 11.3. The van der Waals surface area contributed by atoms with Gasteiger partial charge in [-0.1, -0.05) is 99.7 Å². The van der Waals surface area contributed by atoms with Crippen molar-refractivity contribution in [3.8, 4) is 0 Å². The van der Waals surface area contributed by atoms with Gasteiger partial charge in [0.1, 0.15) is 0 Å². The van der Waals surface area contributed by atoms with E-state index in [2.05, 4.69) is 86.5 Å². The first-order valence-electron chi connectivity index (χ1n) is 14.9. The largest absolute Gasteiger partial charge is 0.347 e. The van der Waals surface area contributed by atoms with Crippen LogP contribution in [0.15, 0.2) is 60.7 Å². The van der Waals surface area contributed by atoms with Crippen molar-refractivity contribution in [3.05, 3.63) is 71.8 Å². The molecule has 4 saturated carbocycles. The lowest BCUT2D eigenvalue weighted by Gasteiger charge is -2.44. The number of benzene rings is 2. The minimum Gasteiger partial charge on any atom is -0.347 e. The summed E-state index contributed by atoms with van der Waals surface area (Å²) in [5.41, 5.74) is 3.24. The van der Waals surface area contributed by atoms with Gasteiger partial charge in [0.05, 0.1) is 0 Å². The molecular weight excluding hydrogens is 421 g/mol. The second kappa shape index (κ2) is 10.1. The minimum atomic E-state index is 0.763. The van der Waals surface area contributed by atoms with Crippen LogP contribution in [0, 0.1) is 29.6 Å². The number of nitrogens with zero attached hydrogens (tertiary/aromatic N) is 1. The van der Waals surface area contributed by atoms with Crippen molar-refractivity contribution in [2.24, 2.45) is 29.6 Å². The van der Waals surface area contributed by atoms with Crippen LogP contribution in [0.3, 0.4) is 0 Å². The molecule has 2 heteroatoms. The number of hydrogen-bond acceptors (Lipinski definition) is 1. The van der Waals surface area contributed by atoms with E-state index < -0.39 is 0 Å². The number of rotatable bonds is 5. The van der Waals surface area contributed by atoms with E-state index in [4.69, 9.17) is 0 Å². The fraction of sp³-hybridized carbons (Fsp3) is 0.636. The Bertz CT molecular complexity index is 958. The third-order valence-electron chi connectivity index (χ3n) is 11.3. The summed E-state index contributed by atoms with van der Waals surface area (Å²) in [7, 11) is 4.85. The van der Waals surface area contributed by atoms with Crippen molar-refractivity contribution in [3.63, 3.8) is 0 Å². The molecule has 4 fully saturated rings. The molecule has 0 aliphatic heterocycles. The molecule has 0 spiro atoms. The maximum atomic E-state index is 2.70. The minimum absolute atomic E-state index is 0.763. The highest BCUT2D eigenvalue weighted by Gasteiger charge is 2.56. The third kappa shape index (κ3) is 4.33. The molecule has 0 aromatic heterocycles. The summed E-state index contributed by atoms with van der Waals surface area (Å²) in [5.74, 6) is 7.88. The second-order valence-corrected chi connectivity index (χ2v) is 13.0. The van der Waals surface area contributed by atoms with E-state index in [1.54, 1.807) is 11.1 Å². The predicted molar refractivity (Wildman–Crippen MR) is 150 cm³/mol. The van der Waals surface area contributed by atoms with E-state index >= 15 is 0 Å². The summed E-state index contributed by atoms with van der Waals surface area (Å²) in [4.78, 5) is 2.70. The van der Waals surface area contributed by atoms with E-state index in [0.29, 0.717) is 0 Å². The van der Waals surface area contributed by atoms with Crippen LogP contribution in [0.25, 0.3) is 0 Å². The Balaban J connectivity index is 1.26. The van der Waals surface area contributed by atoms with E-state index in [1.165, 1.54) is 57.8 Å². The van der Waals surface area contributed by atoms with Gasteiger partial charge in [0, 0.05) is 0 Å². The van der Waals surface area contributed by atoms with Gasteiger partial charge in [0.2, 0.25) is 6.85 Å². The smallest absolute Gasteiger partial charge is 0.230 e. The summed E-state index contributed by atoms with van der Waals surface area (Å²) >= 11 is 0. The second-order valence-electron chi connectivity index (χ2n) is 13.0. The fourth-order valence-electron chi connectivity index (χ4n) is 10.2. The van der Waals surface area contributed by atoms with Gasteiger partial charge >= 0.3 is 0 Å². The molecule has 0 radical (unpaired) electrons. The Hall–Kier alpha value is -1.54. The highest BCUT2D eigenvalue weighted by Crippen LogP contribution is 2.63.